The van der Waals surface area contributed by atoms with Crippen molar-refractivity contribution in [1.29, 1.82) is 0 Å². The van der Waals surface area contributed by atoms with Gasteiger partial charge in [-0.2, -0.15) is 9.40 Å². The van der Waals surface area contributed by atoms with Crippen LogP contribution < -0.4 is 10.1 Å². The SMILES string of the molecule is O=C(Nc1cccc(S(=O)(=O)N2CCOCC2)c1)Oc1cnn2c(C(F)F)cc(-c3ccc(Cl)cc3)nc12. The van der Waals surface area contributed by atoms with Crippen molar-refractivity contribution in [1.82, 2.24) is 18.9 Å². The highest BCUT2D eigenvalue weighted by Gasteiger charge is 2.27. The summed E-state index contributed by atoms with van der Waals surface area (Å²) in [6, 6.07) is 13.3. The van der Waals surface area contributed by atoms with Crippen molar-refractivity contribution in [3.05, 3.63) is 71.5 Å². The van der Waals surface area contributed by atoms with Crippen LogP contribution >= 0.6 is 11.6 Å². The number of carbonyl (C=O) groups excluding carboxylic acids is 1. The Morgan fingerprint density at radius 3 is 2.55 bits per heavy atom. The number of nitrogens with one attached hydrogen (secondary N) is 1. The van der Waals surface area contributed by atoms with E-state index < -0.39 is 28.2 Å². The smallest absolute Gasteiger partial charge is 0.404 e. The molecule has 1 saturated heterocycles. The minimum absolute atomic E-state index is 0.0102. The molecule has 0 bridgehead atoms. The number of amides is 1. The van der Waals surface area contributed by atoms with E-state index in [0.29, 0.717) is 23.8 Å². The van der Waals surface area contributed by atoms with Crippen molar-refractivity contribution < 1.29 is 31.5 Å². The lowest BCUT2D eigenvalue weighted by Crippen LogP contribution is -2.40. The molecule has 1 N–H and O–H groups in total. The van der Waals surface area contributed by atoms with E-state index in [0.717, 1.165) is 10.7 Å². The van der Waals surface area contributed by atoms with Gasteiger partial charge < -0.3 is 9.47 Å². The second-order valence-electron chi connectivity index (χ2n) is 8.18. The lowest BCUT2D eigenvalue weighted by atomic mass is 10.1. The van der Waals surface area contributed by atoms with E-state index in [1.54, 1.807) is 24.3 Å². The Morgan fingerprint density at radius 1 is 1.11 bits per heavy atom. The molecule has 0 saturated carbocycles. The predicted octanol–water partition coefficient (Wildman–Crippen LogP) is 4.62. The number of benzene rings is 2. The molecule has 2 aromatic heterocycles. The first-order valence-electron chi connectivity index (χ1n) is 11.3. The zero-order valence-electron chi connectivity index (χ0n) is 19.6. The molecule has 5 rings (SSSR count). The monoisotopic (exact) mass is 563 g/mol. The van der Waals surface area contributed by atoms with Gasteiger partial charge in [-0.1, -0.05) is 29.8 Å². The van der Waals surface area contributed by atoms with Gasteiger partial charge in [-0.15, -0.1) is 0 Å². The molecular weight excluding hydrogens is 544 g/mol. The average molecular weight is 564 g/mol. The van der Waals surface area contributed by atoms with Gasteiger partial charge in [0.15, 0.2) is 11.4 Å². The fraction of sp³-hybridized carbons (Fsp3) is 0.208. The van der Waals surface area contributed by atoms with Gasteiger partial charge in [-0.3, -0.25) is 5.32 Å². The van der Waals surface area contributed by atoms with Gasteiger partial charge >= 0.3 is 6.09 Å². The fourth-order valence-electron chi connectivity index (χ4n) is 3.88. The summed E-state index contributed by atoms with van der Waals surface area (Å²) < 4.78 is 66.2. The molecule has 0 radical (unpaired) electrons. The molecule has 38 heavy (non-hydrogen) atoms. The van der Waals surface area contributed by atoms with Gasteiger partial charge in [0.25, 0.3) is 6.43 Å². The normalized spacial score (nSPS) is 14.6. The molecule has 1 aliphatic heterocycles. The molecule has 14 heteroatoms. The van der Waals surface area contributed by atoms with Crippen LogP contribution in [0.2, 0.25) is 5.02 Å². The third kappa shape index (κ3) is 5.31. The highest BCUT2D eigenvalue weighted by atomic mass is 35.5. The van der Waals surface area contributed by atoms with E-state index in [9.17, 15) is 22.0 Å². The molecule has 10 nitrogen and oxygen atoms in total. The molecular formula is C24H20ClF2N5O5S. The maximum atomic E-state index is 13.8. The third-order valence-electron chi connectivity index (χ3n) is 5.72. The minimum atomic E-state index is -3.79. The summed E-state index contributed by atoms with van der Waals surface area (Å²) >= 11 is 5.92. The number of hydrogen-bond donors (Lipinski definition) is 1. The van der Waals surface area contributed by atoms with Gasteiger partial charge in [-0.25, -0.2) is 31.5 Å². The Hall–Kier alpha value is -3.65. The van der Waals surface area contributed by atoms with Gasteiger partial charge in [0.05, 0.1) is 30.0 Å². The third-order valence-corrected chi connectivity index (χ3v) is 7.87. The Balaban J connectivity index is 1.40. The van der Waals surface area contributed by atoms with Crippen LogP contribution in [0.3, 0.4) is 0 Å². The van der Waals surface area contributed by atoms with E-state index in [1.165, 1.54) is 34.6 Å². The maximum Gasteiger partial charge on any atom is 0.417 e. The van der Waals surface area contributed by atoms with Crippen molar-refractivity contribution in [2.75, 3.05) is 31.6 Å². The zero-order valence-corrected chi connectivity index (χ0v) is 21.1. The summed E-state index contributed by atoms with van der Waals surface area (Å²) in [5.74, 6) is -0.169. The summed E-state index contributed by atoms with van der Waals surface area (Å²) in [5.41, 5.74) is 0.330. The summed E-state index contributed by atoms with van der Waals surface area (Å²) in [6.07, 6.45) is -2.78. The number of morpholine rings is 1. The van der Waals surface area contributed by atoms with Crippen molar-refractivity contribution in [2.24, 2.45) is 0 Å². The van der Waals surface area contributed by atoms with Crippen molar-refractivity contribution in [2.45, 2.75) is 11.3 Å². The number of ether oxygens (including phenoxy) is 2. The van der Waals surface area contributed by atoms with Crippen molar-refractivity contribution >= 4 is 39.1 Å². The second-order valence-corrected chi connectivity index (χ2v) is 10.6. The second kappa shape index (κ2) is 10.6. The van der Waals surface area contributed by atoms with E-state index in [2.05, 4.69) is 15.4 Å². The number of nitrogens with zero attached hydrogens (tertiary/aromatic N) is 4. The van der Waals surface area contributed by atoms with E-state index in [1.807, 2.05) is 0 Å². The van der Waals surface area contributed by atoms with Gasteiger partial charge in [0.1, 0.15) is 5.69 Å². The lowest BCUT2D eigenvalue weighted by Gasteiger charge is -2.26. The maximum absolute atomic E-state index is 13.8. The van der Waals surface area contributed by atoms with Crippen LogP contribution in [0, 0.1) is 0 Å². The number of carbonyl (C=O) groups is 1. The van der Waals surface area contributed by atoms with Crippen LogP contribution in [-0.4, -0.2) is 59.7 Å². The molecule has 4 aromatic rings. The van der Waals surface area contributed by atoms with Crippen LogP contribution in [0.4, 0.5) is 19.3 Å². The summed E-state index contributed by atoms with van der Waals surface area (Å²) in [4.78, 5) is 17.0. The molecule has 1 aliphatic rings. The molecule has 0 spiro atoms. The number of fused-ring (bicyclic) bond motifs is 1. The highest BCUT2D eigenvalue weighted by molar-refractivity contribution is 7.89. The topological polar surface area (TPSA) is 115 Å². The fourth-order valence-corrected chi connectivity index (χ4v) is 5.46. The molecule has 198 valence electrons. The largest absolute Gasteiger partial charge is 0.417 e. The van der Waals surface area contributed by atoms with Crippen LogP contribution in [0.25, 0.3) is 16.9 Å². The van der Waals surface area contributed by atoms with Gasteiger partial charge in [-0.05, 0) is 36.4 Å². The summed E-state index contributed by atoms with van der Waals surface area (Å²) in [5, 5.41) is 6.82. The minimum Gasteiger partial charge on any atom is -0.404 e. The van der Waals surface area contributed by atoms with E-state index in [-0.39, 0.29) is 40.8 Å². The molecule has 3 heterocycles. The Bertz CT molecular complexity index is 1590. The first-order chi connectivity index (χ1) is 18.2. The van der Waals surface area contributed by atoms with E-state index >= 15 is 0 Å². The standard InChI is InChI=1S/C24H20ClF2N5O5S/c25-16-6-4-15(5-7-16)19-13-20(22(26)27)32-23(30-19)21(14-28-32)37-24(33)29-17-2-1-3-18(12-17)38(34,35)31-8-10-36-11-9-31/h1-7,12-14,22H,8-11H2,(H,29,33). The number of anilines is 1. The Labute approximate surface area is 220 Å². The predicted molar refractivity (Wildman–Crippen MR) is 134 cm³/mol. The molecule has 0 atom stereocenters. The first-order valence-corrected chi connectivity index (χ1v) is 13.1. The zero-order chi connectivity index (χ0) is 26.9. The van der Waals surface area contributed by atoms with Crippen molar-refractivity contribution in [3.8, 4) is 17.0 Å². The first kappa shape index (κ1) is 26.0. The Kier molecular flexibility index (Phi) is 7.25. The molecule has 0 aliphatic carbocycles. The number of halogens is 3. The Morgan fingerprint density at radius 2 is 1.84 bits per heavy atom. The van der Waals surface area contributed by atoms with Crippen LogP contribution in [0.15, 0.2) is 65.7 Å². The molecule has 1 fully saturated rings. The van der Waals surface area contributed by atoms with Crippen LogP contribution in [0.1, 0.15) is 12.1 Å². The van der Waals surface area contributed by atoms with Crippen LogP contribution in [0.5, 0.6) is 5.75 Å². The molecule has 1 amide bonds. The lowest BCUT2D eigenvalue weighted by molar-refractivity contribution is 0.0730. The summed E-state index contributed by atoms with van der Waals surface area (Å²) in [6.45, 7) is 1.04. The van der Waals surface area contributed by atoms with E-state index in [4.69, 9.17) is 21.1 Å². The van der Waals surface area contributed by atoms with Crippen molar-refractivity contribution in [3.63, 3.8) is 0 Å². The van der Waals surface area contributed by atoms with Gasteiger partial charge in [0.2, 0.25) is 10.0 Å². The van der Waals surface area contributed by atoms with Gasteiger partial charge in [0, 0.05) is 29.4 Å². The summed E-state index contributed by atoms with van der Waals surface area (Å²) in [7, 11) is -3.79. The number of sulfonamides is 1. The number of aromatic nitrogens is 3. The number of alkyl halides is 2. The molecule has 0 unspecified atom stereocenters. The molecule has 2 aromatic carbocycles. The average Bonchev–Trinajstić information content (AvgIpc) is 3.31. The highest BCUT2D eigenvalue weighted by Crippen LogP contribution is 2.30. The number of rotatable bonds is 6. The quantitative estimate of drug-likeness (QED) is 0.364. The van der Waals surface area contributed by atoms with Crippen LogP contribution in [-0.2, 0) is 14.8 Å². The number of hydrogen-bond acceptors (Lipinski definition) is 7.